The summed E-state index contributed by atoms with van der Waals surface area (Å²) >= 11 is 0. The number of fused-ring (bicyclic) bond motifs is 3. The Morgan fingerprint density at radius 3 is 2.62 bits per heavy atom. The summed E-state index contributed by atoms with van der Waals surface area (Å²) in [6.07, 6.45) is 0.347. The molecule has 0 saturated carbocycles. The first kappa shape index (κ1) is 17.6. The third-order valence-corrected chi connectivity index (χ3v) is 5.34. The Hall–Kier alpha value is -3.54. The van der Waals surface area contributed by atoms with E-state index in [0.717, 1.165) is 40.5 Å². The third-order valence-electron chi connectivity index (χ3n) is 5.34. The van der Waals surface area contributed by atoms with Crippen LogP contribution in [0.3, 0.4) is 0 Å². The molecular formula is C23H20N2O4. The first-order chi connectivity index (χ1) is 14.1. The summed E-state index contributed by atoms with van der Waals surface area (Å²) in [6, 6.07) is 19.3. The van der Waals surface area contributed by atoms with E-state index in [1.54, 1.807) is 12.1 Å². The third kappa shape index (κ3) is 2.97. The molecule has 6 heteroatoms. The van der Waals surface area contributed by atoms with Gasteiger partial charge < -0.3 is 13.9 Å². The molecule has 0 fully saturated rings. The fourth-order valence-corrected chi connectivity index (χ4v) is 3.89. The Morgan fingerprint density at radius 1 is 1.10 bits per heavy atom. The van der Waals surface area contributed by atoms with Crippen molar-refractivity contribution in [2.75, 3.05) is 7.11 Å². The van der Waals surface area contributed by atoms with Crippen LogP contribution < -0.4 is 4.74 Å². The van der Waals surface area contributed by atoms with Gasteiger partial charge in [0.1, 0.15) is 23.0 Å². The average molecular weight is 388 g/mol. The Morgan fingerprint density at radius 2 is 1.90 bits per heavy atom. The second kappa shape index (κ2) is 6.81. The highest BCUT2D eigenvalue weighted by molar-refractivity contribution is 5.99. The number of methoxy groups -OCH3 is 1. The van der Waals surface area contributed by atoms with Crippen molar-refractivity contribution in [2.45, 2.75) is 25.6 Å². The maximum absolute atomic E-state index is 11.8. The van der Waals surface area contributed by atoms with Gasteiger partial charge in [-0.1, -0.05) is 30.3 Å². The average Bonchev–Trinajstić information content (AvgIpc) is 3.39. The lowest BCUT2D eigenvalue weighted by molar-refractivity contribution is -0.0190. The van der Waals surface area contributed by atoms with Crippen LogP contribution in [-0.4, -0.2) is 23.8 Å². The van der Waals surface area contributed by atoms with Crippen molar-refractivity contribution in [1.82, 2.24) is 5.01 Å². The molecule has 0 N–H and O–H groups in total. The van der Waals surface area contributed by atoms with Crippen LogP contribution in [0.5, 0.6) is 5.75 Å². The van der Waals surface area contributed by atoms with Gasteiger partial charge in [0.25, 0.3) is 0 Å². The minimum Gasteiger partial charge on any atom is -0.465 e. The van der Waals surface area contributed by atoms with E-state index in [2.05, 4.69) is 6.07 Å². The molecule has 3 aromatic rings. The Balaban J connectivity index is 1.54. The van der Waals surface area contributed by atoms with Gasteiger partial charge in [-0.15, -0.1) is 0 Å². The van der Waals surface area contributed by atoms with Crippen LogP contribution in [0.4, 0.5) is 0 Å². The normalized spacial score (nSPS) is 19.8. The highest BCUT2D eigenvalue weighted by Crippen LogP contribution is 2.47. The number of carbonyl (C=O) groups excluding carboxylic acids is 1. The molecule has 2 aliphatic rings. The van der Waals surface area contributed by atoms with Gasteiger partial charge in [-0.25, -0.2) is 9.80 Å². The molecule has 0 radical (unpaired) electrons. The molecular weight excluding hydrogens is 368 g/mol. The second-order valence-electron chi connectivity index (χ2n) is 7.18. The van der Waals surface area contributed by atoms with Gasteiger partial charge in [0.2, 0.25) is 6.23 Å². The molecule has 2 aromatic carbocycles. The zero-order chi connectivity index (χ0) is 20.0. The van der Waals surface area contributed by atoms with E-state index in [0.29, 0.717) is 5.56 Å². The van der Waals surface area contributed by atoms with Gasteiger partial charge in [-0.3, -0.25) is 0 Å². The standard InChI is InChI=1S/C23H20N2O4/c1-14-7-12-21(28-14)18-13-19-17-5-3-4-6-20(17)29-22(25(19)24-18)15-8-10-16(11-9-15)23(26)27-2/h3-12,19,22H,13H2,1-2H3/t19-,22-/m1/s1. The van der Waals surface area contributed by atoms with Gasteiger partial charge in [0.05, 0.1) is 18.7 Å². The van der Waals surface area contributed by atoms with Gasteiger partial charge in [-0.05, 0) is 37.3 Å². The van der Waals surface area contributed by atoms with E-state index in [4.69, 9.17) is 19.0 Å². The predicted molar refractivity (Wildman–Crippen MR) is 107 cm³/mol. The SMILES string of the molecule is COC(=O)c1ccc([C@H]2Oc3ccccc3[C@H]3CC(c4ccc(C)o4)=NN32)cc1. The maximum Gasteiger partial charge on any atom is 0.337 e. The van der Waals surface area contributed by atoms with Crippen LogP contribution in [-0.2, 0) is 4.74 Å². The zero-order valence-corrected chi connectivity index (χ0v) is 16.2. The minimum atomic E-state index is -0.393. The molecule has 0 aliphatic carbocycles. The Kier molecular flexibility index (Phi) is 4.12. The molecule has 2 atom stereocenters. The molecule has 0 bridgehead atoms. The Labute approximate surface area is 168 Å². The van der Waals surface area contributed by atoms with E-state index >= 15 is 0 Å². The molecule has 146 valence electrons. The minimum absolute atomic E-state index is 0.0608. The van der Waals surface area contributed by atoms with Crippen molar-refractivity contribution in [3.63, 3.8) is 0 Å². The number of carbonyl (C=O) groups is 1. The summed E-state index contributed by atoms with van der Waals surface area (Å²) in [4.78, 5) is 11.8. The lowest BCUT2D eigenvalue weighted by Crippen LogP contribution is -2.33. The van der Waals surface area contributed by atoms with Gasteiger partial charge >= 0.3 is 5.97 Å². The number of hydrazone groups is 1. The molecule has 5 rings (SSSR count). The predicted octanol–water partition coefficient (Wildman–Crippen LogP) is 4.62. The fourth-order valence-electron chi connectivity index (χ4n) is 3.89. The van der Waals surface area contributed by atoms with Gasteiger partial charge in [0, 0.05) is 17.5 Å². The van der Waals surface area contributed by atoms with Crippen molar-refractivity contribution in [3.05, 3.63) is 88.9 Å². The molecule has 0 saturated heterocycles. The molecule has 0 spiro atoms. The lowest BCUT2D eigenvalue weighted by atomic mass is 9.97. The number of hydrogen-bond donors (Lipinski definition) is 0. The summed E-state index contributed by atoms with van der Waals surface area (Å²) in [5.41, 5.74) is 3.43. The number of para-hydroxylation sites is 1. The monoisotopic (exact) mass is 388 g/mol. The molecule has 2 aliphatic heterocycles. The number of benzene rings is 2. The first-order valence-corrected chi connectivity index (χ1v) is 9.50. The largest absolute Gasteiger partial charge is 0.465 e. The highest BCUT2D eigenvalue weighted by atomic mass is 16.5. The van der Waals surface area contributed by atoms with E-state index in [9.17, 15) is 4.79 Å². The number of furan rings is 1. The van der Waals surface area contributed by atoms with Crippen LogP contribution in [0.15, 0.2) is 70.2 Å². The summed E-state index contributed by atoms with van der Waals surface area (Å²) < 4.78 is 16.9. The maximum atomic E-state index is 11.8. The number of ether oxygens (including phenoxy) is 2. The fraction of sp³-hybridized carbons (Fsp3) is 0.217. The molecule has 0 amide bonds. The molecule has 29 heavy (non-hydrogen) atoms. The van der Waals surface area contributed by atoms with Gasteiger partial charge in [-0.2, -0.15) is 5.10 Å². The number of rotatable bonds is 3. The quantitative estimate of drug-likeness (QED) is 0.613. The number of aryl methyl sites for hydroxylation is 1. The van der Waals surface area contributed by atoms with Crippen LogP contribution in [0, 0.1) is 6.92 Å². The highest BCUT2D eigenvalue weighted by Gasteiger charge is 2.41. The number of nitrogens with zero attached hydrogens (tertiary/aromatic N) is 2. The summed E-state index contributed by atoms with van der Waals surface area (Å²) in [6.45, 7) is 1.93. The Bertz CT molecular complexity index is 1100. The summed E-state index contributed by atoms with van der Waals surface area (Å²) in [5, 5.41) is 6.85. The topological polar surface area (TPSA) is 64.3 Å². The van der Waals surface area contributed by atoms with Crippen LogP contribution >= 0.6 is 0 Å². The smallest absolute Gasteiger partial charge is 0.337 e. The van der Waals surface area contributed by atoms with Crippen LogP contribution in [0.1, 0.15) is 51.7 Å². The van der Waals surface area contributed by atoms with Crippen LogP contribution in [0.25, 0.3) is 0 Å². The second-order valence-corrected chi connectivity index (χ2v) is 7.18. The summed E-state index contributed by atoms with van der Waals surface area (Å²) in [7, 11) is 1.37. The van der Waals surface area contributed by atoms with E-state index in [1.165, 1.54) is 7.11 Å². The molecule has 0 unspecified atom stereocenters. The molecule has 3 heterocycles. The molecule has 6 nitrogen and oxygen atoms in total. The van der Waals surface area contributed by atoms with Crippen molar-refractivity contribution < 1.29 is 18.7 Å². The first-order valence-electron chi connectivity index (χ1n) is 9.50. The number of hydrogen-bond acceptors (Lipinski definition) is 6. The van der Waals surface area contributed by atoms with E-state index < -0.39 is 6.23 Å². The van der Waals surface area contributed by atoms with Crippen molar-refractivity contribution in [2.24, 2.45) is 5.10 Å². The van der Waals surface area contributed by atoms with Crippen molar-refractivity contribution >= 4 is 11.7 Å². The van der Waals surface area contributed by atoms with Crippen LogP contribution in [0.2, 0.25) is 0 Å². The number of esters is 1. The van der Waals surface area contributed by atoms with Crippen molar-refractivity contribution in [1.29, 1.82) is 0 Å². The molecule has 1 aromatic heterocycles. The van der Waals surface area contributed by atoms with E-state index in [1.807, 2.05) is 54.4 Å². The van der Waals surface area contributed by atoms with Gasteiger partial charge in [0.15, 0.2) is 0 Å². The van der Waals surface area contributed by atoms with E-state index in [-0.39, 0.29) is 12.0 Å². The summed E-state index contributed by atoms with van der Waals surface area (Å²) in [5.74, 6) is 2.13. The lowest BCUT2D eigenvalue weighted by Gasteiger charge is -2.38. The van der Waals surface area contributed by atoms with Crippen molar-refractivity contribution in [3.8, 4) is 5.75 Å². The zero-order valence-electron chi connectivity index (χ0n) is 16.2.